The quantitative estimate of drug-likeness (QED) is 0.431. The number of carbonyl (C=O) groups excluding carboxylic acids is 1. The van der Waals surface area contributed by atoms with Crippen molar-refractivity contribution in [2.75, 3.05) is 26.4 Å². The average molecular weight is 177 g/mol. The standard InChI is InChI=1S/C7H15NO4/c1-6(10)7(11)8-2-4-12-5-3-9/h6,9-10H,2-5H2,1H3,(H,8,11). The molecular formula is C7H15NO4. The summed E-state index contributed by atoms with van der Waals surface area (Å²) in [5.74, 6) is -0.414. The first kappa shape index (κ1) is 11.4. The molecule has 0 aromatic carbocycles. The molecule has 0 aliphatic heterocycles. The van der Waals surface area contributed by atoms with E-state index in [4.69, 9.17) is 14.9 Å². The zero-order valence-corrected chi connectivity index (χ0v) is 7.12. The molecular weight excluding hydrogens is 162 g/mol. The number of ether oxygens (including phenoxy) is 1. The number of carbonyl (C=O) groups is 1. The summed E-state index contributed by atoms with van der Waals surface area (Å²) >= 11 is 0. The molecule has 0 radical (unpaired) electrons. The van der Waals surface area contributed by atoms with Gasteiger partial charge in [0.25, 0.3) is 0 Å². The molecule has 0 fully saturated rings. The van der Waals surface area contributed by atoms with Gasteiger partial charge in [0.1, 0.15) is 6.10 Å². The second-order valence-electron chi connectivity index (χ2n) is 2.30. The molecule has 1 amide bonds. The second-order valence-corrected chi connectivity index (χ2v) is 2.30. The van der Waals surface area contributed by atoms with Crippen LogP contribution in [0.25, 0.3) is 0 Å². The van der Waals surface area contributed by atoms with E-state index in [2.05, 4.69) is 5.32 Å². The minimum Gasteiger partial charge on any atom is -0.394 e. The molecule has 0 saturated carbocycles. The number of amides is 1. The monoisotopic (exact) mass is 177 g/mol. The third-order valence-corrected chi connectivity index (χ3v) is 1.16. The highest BCUT2D eigenvalue weighted by Gasteiger charge is 2.06. The van der Waals surface area contributed by atoms with Crippen LogP contribution in [0, 0.1) is 0 Å². The van der Waals surface area contributed by atoms with E-state index in [1.54, 1.807) is 0 Å². The molecule has 1 atom stereocenters. The van der Waals surface area contributed by atoms with Crippen LogP contribution in [0.5, 0.6) is 0 Å². The van der Waals surface area contributed by atoms with Crippen molar-refractivity contribution in [1.29, 1.82) is 0 Å². The Morgan fingerprint density at radius 1 is 1.58 bits per heavy atom. The number of rotatable bonds is 6. The van der Waals surface area contributed by atoms with Gasteiger partial charge in [0.05, 0.1) is 19.8 Å². The summed E-state index contributed by atoms with van der Waals surface area (Å²) in [6.45, 7) is 2.33. The maximum atomic E-state index is 10.7. The molecule has 3 N–H and O–H groups in total. The van der Waals surface area contributed by atoms with Crippen LogP contribution in [0.2, 0.25) is 0 Å². The van der Waals surface area contributed by atoms with Crippen LogP contribution in [0.3, 0.4) is 0 Å². The van der Waals surface area contributed by atoms with Gasteiger partial charge in [-0.2, -0.15) is 0 Å². The Balaban J connectivity index is 3.14. The van der Waals surface area contributed by atoms with E-state index >= 15 is 0 Å². The summed E-state index contributed by atoms with van der Waals surface area (Å²) in [6.07, 6.45) is -0.983. The van der Waals surface area contributed by atoms with Gasteiger partial charge in [-0.1, -0.05) is 0 Å². The molecule has 0 heterocycles. The van der Waals surface area contributed by atoms with E-state index in [0.717, 1.165) is 0 Å². The summed E-state index contributed by atoms with van der Waals surface area (Å²) in [7, 11) is 0. The van der Waals surface area contributed by atoms with E-state index in [-0.39, 0.29) is 13.2 Å². The first-order valence-electron chi connectivity index (χ1n) is 3.83. The summed E-state index contributed by atoms with van der Waals surface area (Å²) in [5, 5.41) is 19.5. The molecule has 0 saturated heterocycles. The number of hydrogen-bond donors (Lipinski definition) is 3. The lowest BCUT2D eigenvalue weighted by atomic mass is 10.4. The molecule has 12 heavy (non-hydrogen) atoms. The Morgan fingerprint density at radius 2 is 2.25 bits per heavy atom. The van der Waals surface area contributed by atoms with Crippen molar-refractivity contribution in [3.05, 3.63) is 0 Å². The van der Waals surface area contributed by atoms with Gasteiger partial charge in [0.15, 0.2) is 0 Å². The predicted octanol–water partition coefficient (Wildman–Crippen LogP) is -1.51. The largest absolute Gasteiger partial charge is 0.394 e. The molecule has 0 aliphatic carbocycles. The molecule has 1 unspecified atom stereocenters. The predicted molar refractivity (Wildman–Crippen MR) is 42.6 cm³/mol. The van der Waals surface area contributed by atoms with Gasteiger partial charge in [0, 0.05) is 6.54 Å². The molecule has 0 bridgehead atoms. The fourth-order valence-electron chi connectivity index (χ4n) is 0.561. The van der Waals surface area contributed by atoms with Crippen LogP contribution < -0.4 is 5.32 Å². The smallest absolute Gasteiger partial charge is 0.248 e. The topological polar surface area (TPSA) is 78.8 Å². The van der Waals surface area contributed by atoms with E-state index in [1.807, 2.05) is 0 Å². The molecule has 72 valence electrons. The van der Waals surface area contributed by atoms with E-state index < -0.39 is 12.0 Å². The van der Waals surface area contributed by atoms with Crippen LogP contribution in [0.15, 0.2) is 0 Å². The summed E-state index contributed by atoms with van der Waals surface area (Å²) in [6, 6.07) is 0. The summed E-state index contributed by atoms with van der Waals surface area (Å²) < 4.78 is 4.87. The molecule has 0 aromatic rings. The minimum atomic E-state index is -0.983. The van der Waals surface area contributed by atoms with Gasteiger partial charge in [0.2, 0.25) is 5.91 Å². The van der Waals surface area contributed by atoms with Gasteiger partial charge < -0.3 is 20.3 Å². The molecule has 5 heteroatoms. The van der Waals surface area contributed by atoms with Crippen molar-refractivity contribution in [3.8, 4) is 0 Å². The number of hydrogen-bond acceptors (Lipinski definition) is 4. The van der Waals surface area contributed by atoms with E-state index in [9.17, 15) is 4.79 Å². The molecule has 0 aliphatic rings. The Labute approximate surface area is 71.3 Å². The molecule has 0 spiro atoms. The second kappa shape index (κ2) is 7.02. The lowest BCUT2D eigenvalue weighted by Crippen LogP contribution is -2.34. The number of aliphatic hydroxyl groups excluding tert-OH is 2. The van der Waals surface area contributed by atoms with Crippen molar-refractivity contribution in [1.82, 2.24) is 5.32 Å². The highest BCUT2D eigenvalue weighted by Crippen LogP contribution is 1.78. The van der Waals surface area contributed by atoms with Crippen molar-refractivity contribution >= 4 is 5.91 Å². The van der Waals surface area contributed by atoms with Gasteiger partial charge in [-0.25, -0.2) is 0 Å². The van der Waals surface area contributed by atoms with Crippen LogP contribution in [-0.4, -0.2) is 48.6 Å². The highest BCUT2D eigenvalue weighted by molar-refractivity contribution is 5.79. The zero-order chi connectivity index (χ0) is 9.40. The van der Waals surface area contributed by atoms with Crippen LogP contribution >= 0.6 is 0 Å². The number of aliphatic hydroxyl groups is 2. The van der Waals surface area contributed by atoms with Crippen molar-refractivity contribution in [3.63, 3.8) is 0 Å². The Bertz CT molecular complexity index is 127. The Morgan fingerprint density at radius 3 is 2.75 bits per heavy atom. The van der Waals surface area contributed by atoms with Crippen LogP contribution in [0.1, 0.15) is 6.92 Å². The fraction of sp³-hybridized carbons (Fsp3) is 0.857. The van der Waals surface area contributed by atoms with Gasteiger partial charge in [-0.05, 0) is 6.92 Å². The van der Waals surface area contributed by atoms with Gasteiger partial charge in [-0.15, -0.1) is 0 Å². The summed E-state index contributed by atoms with van der Waals surface area (Å²) in [5.41, 5.74) is 0. The molecule has 0 aromatic heterocycles. The SMILES string of the molecule is CC(O)C(=O)NCCOCCO. The zero-order valence-electron chi connectivity index (χ0n) is 7.12. The highest BCUT2D eigenvalue weighted by atomic mass is 16.5. The normalized spacial score (nSPS) is 12.6. The Hall–Kier alpha value is -0.650. The first-order valence-corrected chi connectivity index (χ1v) is 3.83. The lowest BCUT2D eigenvalue weighted by Gasteiger charge is -2.06. The average Bonchev–Trinajstić information content (AvgIpc) is 2.03. The van der Waals surface area contributed by atoms with Gasteiger partial charge >= 0.3 is 0 Å². The molecule has 0 rings (SSSR count). The van der Waals surface area contributed by atoms with Gasteiger partial charge in [-0.3, -0.25) is 4.79 Å². The van der Waals surface area contributed by atoms with Crippen molar-refractivity contribution < 1.29 is 19.7 Å². The Kier molecular flexibility index (Phi) is 6.64. The maximum Gasteiger partial charge on any atom is 0.248 e. The van der Waals surface area contributed by atoms with Crippen LogP contribution in [-0.2, 0) is 9.53 Å². The fourth-order valence-corrected chi connectivity index (χ4v) is 0.561. The third-order valence-electron chi connectivity index (χ3n) is 1.16. The molecule has 5 nitrogen and oxygen atoms in total. The number of nitrogens with one attached hydrogen (secondary N) is 1. The van der Waals surface area contributed by atoms with Crippen molar-refractivity contribution in [2.24, 2.45) is 0 Å². The van der Waals surface area contributed by atoms with E-state index in [1.165, 1.54) is 6.92 Å². The van der Waals surface area contributed by atoms with Crippen LogP contribution in [0.4, 0.5) is 0 Å². The summed E-state index contributed by atoms with van der Waals surface area (Å²) in [4.78, 5) is 10.7. The lowest BCUT2D eigenvalue weighted by molar-refractivity contribution is -0.128. The van der Waals surface area contributed by atoms with Crippen molar-refractivity contribution in [2.45, 2.75) is 13.0 Å². The van der Waals surface area contributed by atoms with E-state index in [0.29, 0.717) is 13.2 Å². The minimum absolute atomic E-state index is 0.0235. The maximum absolute atomic E-state index is 10.7. The third kappa shape index (κ3) is 6.09. The first-order chi connectivity index (χ1) is 5.68.